The normalized spacial score (nSPS) is 19.1. The van der Waals surface area contributed by atoms with Gasteiger partial charge in [0.05, 0.1) is 6.20 Å². The zero-order valence-electron chi connectivity index (χ0n) is 17.5. The van der Waals surface area contributed by atoms with Crippen LogP contribution in [0.5, 0.6) is 5.75 Å². The molecule has 2 aliphatic rings. The number of nitrogens with one attached hydrogen (secondary N) is 1. The van der Waals surface area contributed by atoms with Crippen LogP contribution in [0, 0.1) is 6.92 Å². The monoisotopic (exact) mass is 469 g/mol. The van der Waals surface area contributed by atoms with Crippen LogP contribution in [0.3, 0.4) is 0 Å². The number of carbonyl (C=O) groups excluding carboxylic acids is 1. The highest BCUT2D eigenvalue weighted by molar-refractivity contribution is 5.95. The summed E-state index contributed by atoms with van der Waals surface area (Å²) < 4.78 is 11.5. The van der Waals surface area contributed by atoms with Crippen molar-refractivity contribution in [3.05, 3.63) is 57.9 Å². The first-order valence-electron chi connectivity index (χ1n) is 10.3. The number of ether oxygens (including phenoxy) is 1. The van der Waals surface area contributed by atoms with Crippen molar-refractivity contribution < 1.29 is 13.9 Å². The van der Waals surface area contributed by atoms with Gasteiger partial charge in [-0.2, -0.15) is 0 Å². The van der Waals surface area contributed by atoms with E-state index in [1.807, 2.05) is 25.1 Å². The second-order valence-electron chi connectivity index (χ2n) is 7.84. The Bertz CT molecular complexity index is 909. The van der Waals surface area contributed by atoms with E-state index in [-0.39, 0.29) is 48.3 Å². The van der Waals surface area contributed by atoms with Crippen molar-refractivity contribution in [2.24, 2.45) is 0 Å². The number of aryl methyl sites for hydroxylation is 1. The summed E-state index contributed by atoms with van der Waals surface area (Å²) in [5.41, 5.74) is 0.328. The molecule has 0 bridgehead atoms. The molecule has 2 saturated heterocycles. The summed E-state index contributed by atoms with van der Waals surface area (Å²) in [6, 6.07) is 5.58. The number of piperidine rings is 2. The summed E-state index contributed by atoms with van der Waals surface area (Å²) in [4.78, 5) is 31.4. The Kier molecular flexibility index (Phi) is 9.34. The molecule has 31 heavy (non-hydrogen) atoms. The summed E-state index contributed by atoms with van der Waals surface area (Å²) in [6.45, 7) is 4.73. The number of halogens is 2. The van der Waals surface area contributed by atoms with Gasteiger partial charge in [-0.25, -0.2) is 4.79 Å². The number of carbonyl (C=O) groups is 1. The van der Waals surface area contributed by atoms with Crippen molar-refractivity contribution in [3.8, 4) is 5.75 Å². The number of pyridine rings is 1. The largest absolute Gasteiger partial charge is 0.489 e. The van der Waals surface area contributed by atoms with E-state index in [9.17, 15) is 9.59 Å². The molecule has 4 rings (SSSR count). The number of likely N-dealkylation sites (tertiary alicyclic amines) is 1. The van der Waals surface area contributed by atoms with Crippen LogP contribution in [0.2, 0.25) is 0 Å². The van der Waals surface area contributed by atoms with E-state index < -0.39 is 5.63 Å². The summed E-state index contributed by atoms with van der Waals surface area (Å²) in [5, 5.41) is 3.33. The smallest absolute Gasteiger partial charge is 0.349 e. The van der Waals surface area contributed by atoms with Crippen molar-refractivity contribution >= 4 is 30.7 Å². The standard InChI is InChI=1S/C22H27N3O4.2ClH/c1-15-12-19(16-4-2-8-23-13-16)29-22(27)20(15)21(26)25-10-6-17(7-11-25)28-18-5-3-9-24-14-18;;/h3,5,9,12,14,16-17,23H,2,4,6-8,10-11,13H2,1H3;2*1H. The molecule has 2 aliphatic heterocycles. The van der Waals surface area contributed by atoms with Gasteiger partial charge in [0.15, 0.2) is 0 Å². The van der Waals surface area contributed by atoms with E-state index in [2.05, 4.69) is 10.3 Å². The van der Waals surface area contributed by atoms with Gasteiger partial charge < -0.3 is 19.4 Å². The van der Waals surface area contributed by atoms with Crippen LogP contribution in [-0.2, 0) is 0 Å². The highest BCUT2D eigenvalue weighted by atomic mass is 35.5. The summed E-state index contributed by atoms with van der Waals surface area (Å²) in [6.07, 6.45) is 6.93. The lowest BCUT2D eigenvalue weighted by atomic mass is 9.95. The van der Waals surface area contributed by atoms with Gasteiger partial charge in [-0.05, 0) is 50.1 Å². The lowest BCUT2D eigenvalue weighted by molar-refractivity contribution is 0.0589. The summed E-state index contributed by atoms with van der Waals surface area (Å²) in [7, 11) is 0. The van der Waals surface area contributed by atoms with Crippen LogP contribution >= 0.6 is 24.8 Å². The Hall–Kier alpha value is -2.09. The first-order valence-corrected chi connectivity index (χ1v) is 10.3. The predicted molar refractivity (Wildman–Crippen MR) is 123 cm³/mol. The van der Waals surface area contributed by atoms with Crippen LogP contribution < -0.4 is 15.7 Å². The average molecular weight is 470 g/mol. The quantitative estimate of drug-likeness (QED) is 0.738. The molecule has 2 aromatic heterocycles. The molecule has 170 valence electrons. The minimum Gasteiger partial charge on any atom is -0.489 e. The molecule has 4 heterocycles. The SMILES string of the molecule is Cc1cc(C2CCCNC2)oc(=O)c1C(=O)N1CCC(Oc2cccnc2)CC1.Cl.Cl. The van der Waals surface area contributed by atoms with Crippen molar-refractivity contribution in [2.75, 3.05) is 26.2 Å². The summed E-state index contributed by atoms with van der Waals surface area (Å²) in [5.74, 6) is 1.37. The molecule has 0 saturated carbocycles. The van der Waals surface area contributed by atoms with Crippen LogP contribution in [0.25, 0.3) is 0 Å². The van der Waals surface area contributed by atoms with E-state index in [0.29, 0.717) is 24.4 Å². The minimum absolute atomic E-state index is 0. The number of rotatable bonds is 4. The zero-order chi connectivity index (χ0) is 20.2. The highest BCUT2D eigenvalue weighted by Crippen LogP contribution is 2.25. The molecular weight excluding hydrogens is 441 g/mol. The van der Waals surface area contributed by atoms with E-state index in [0.717, 1.165) is 44.5 Å². The molecule has 0 aromatic carbocycles. The fourth-order valence-corrected chi connectivity index (χ4v) is 4.13. The third kappa shape index (κ3) is 5.99. The maximum Gasteiger partial charge on any atom is 0.349 e. The van der Waals surface area contributed by atoms with Crippen molar-refractivity contribution in [1.82, 2.24) is 15.2 Å². The molecule has 1 amide bonds. The Labute approximate surface area is 194 Å². The van der Waals surface area contributed by atoms with Crippen LogP contribution in [0.1, 0.15) is 53.3 Å². The van der Waals surface area contributed by atoms with Crippen molar-refractivity contribution in [1.29, 1.82) is 0 Å². The topological polar surface area (TPSA) is 84.7 Å². The van der Waals surface area contributed by atoms with E-state index in [4.69, 9.17) is 9.15 Å². The van der Waals surface area contributed by atoms with Gasteiger partial charge in [-0.3, -0.25) is 9.78 Å². The number of aromatic nitrogens is 1. The van der Waals surface area contributed by atoms with Crippen LogP contribution in [0.15, 0.2) is 39.8 Å². The lowest BCUT2D eigenvalue weighted by Gasteiger charge is -2.32. The molecule has 1 N–H and O–H groups in total. The van der Waals surface area contributed by atoms with Crippen molar-refractivity contribution in [2.45, 2.75) is 44.6 Å². The molecule has 7 nitrogen and oxygen atoms in total. The predicted octanol–water partition coefficient (Wildman–Crippen LogP) is 3.34. The van der Waals surface area contributed by atoms with Gasteiger partial charge in [0.25, 0.3) is 5.91 Å². The Morgan fingerprint density at radius 1 is 1.26 bits per heavy atom. The average Bonchev–Trinajstić information content (AvgIpc) is 2.75. The third-order valence-corrected chi connectivity index (χ3v) is 5.75. The van der Waals surface area contributed by atoms with E-state index in [1.54, 1.807) is 17.3 Å². The van der Waals surface area contributed by atoms with E-state index in [1.165, 1.54) is 0 Å². The Morgan fingerprint density at radius 3 is 2.65 bits per heavy atom. The molecule has 0 radical (unpaired) electrons. The van der Waals surface area contributed by atoms with Gasteiger partial charge >= 0.3 is 5.63 Å². The molecule has 9 heteroatoms. The van der Waals surface area contributed by atoms with Gasteiger partial charge in [0.1, 0.15) is 23.2 Å². The number of nitrogens with zero attached hydrogens (tertiary/aromatic N) is 2. The first kappa shape index (κ1) is 25.2. The lowest BCUT2D eigenvalue weighted by Crippen LogP contribution is -2.43. The maximum absolute atomic E-state index is 13.0. The maximum atomic E-state index is 13.0. The number of hydrogen-bond acceptors (Lipinski definition) is 6. The van der Waals surface area contributed by atoms with Gasteiger partial charge in [-0.1, -0.05) is 0 Å². The number of hydrogen-bond donors (Lipinski definition) is 1. The molecule has 0 spiro atoms. The number of amides is 1. The van der Waals surface area contributed by atoms with Gasteiger partial charge in [-0.15, -0.1) is 24.8 Å². The first-order chi connectivity index (χ1) is 14.1. The van der Waals surface area contributed by atoms with Gasteiger partial charge in [0, 0.05) is 44.6 Å². The molecule has 1 unspecified atom stereocenters. The fourth-order valence-electron chi connectivity index (χ4n) is 4.13. The van der Waals surface area contributed by atoms with Crippen molar-refractivity contribution in [3.63, 3.8) is 0 Å². The van der Waals surface area contributed by atoms with Gasteiger partial charge in [0.2, 0.25) is 0 Å². The van der Waals surface area contributed by atoms with E-state index >= 15 is 0 Å². The Balaban J connectivity index is 0.00000171. The minimum atomic E-state index is -0.524. The van der Waals surface area contributed by atoms with Crippen LogP contribution in [-0.4, -0.2) is 48.1 Å². The third-order valence-electron chi connectivity index (χ3n) is 5.75. The molecule has 2 fully saturated rings. The Morgan fingerprint density at radius 2 is 2.03 bits per heavy atom. The molecular formula is C22H29Cl2N3O4. The fraction of sp³-hybridized carbons (Fsp3) is 0.500. The second-order valence-corrected chi connectivity index (χ2v) is 7.84. The molecule has 2 aromatic rings. The highest BCUT2D eigenvalue weighted by Gasteiger charge is 2.29. The molecule has 0 aliphatic carbocycles. The van der Waals surface area contributed by atoms with Crippen LogP contribution in [0.4, 0.5) is 0 Å². The second kappa shape index (κ2) is 11.5. The molecule has 1 atom stereocenters. The zero-order valence-corrected chi connectivity index (χ0v) is 19.2. The summed E-state index contributed by atoms with van der Waals surface area (Å²) >= 11 is 0.